The molecule has 2 aromatic rings. The summed E-state index contributed by atoms with van der Waals surface area (Å²) in [6.45, 7) is 10.3. The van der Waals surface area contributed by atoms with Crippen LogP contribution in [0.1, 0.15) is 44.4 Å². The number of methoxy groups -OCH3 is 1. The van der Waals surface area contributed by atoms with Gasteiger partial charge in [0.15, 0.2) is 5.78 Å². The van der Waals surface area contributed by atoms with E-state index in [0.717, 1.165) is 34.7 Å². The van der Waals surface area contributed by atoms with Gasteiger partial charge in [-0.15, -0.1) is 0 Å². The van der Waals surface area contributed by atoms with Gasteiger partial charge in [0.2, 0.25) is 0 Å². The molecule has 2 rings (SSSR count). The Hall–Kier alpha value is -2.55. The van der Waals surface area contributed by atoms with Crippen LogP contribution in [0.25, 0.3) is 5.70 Å². The lowest BCUT2D eigenvalue weighted by Crippen LogP contribution is -2.18. The van der Waals surface area contributed by atoms with Crippen LogP contribution in [0.4, 0.5) is 5.69 Å². The quantitative estimate of drug-likeness (QED) is 0.619. The lowest BCUT2D eigenvalue weighted by Gasteiger charge is -2.26. The highest BCUT2D eigenvalue weighted by Gasteiger charge is 2.18. The Morgan fingerprint density at radius 3 is 2.37 bits per heavy atom. The van der Waals surface area contributed by atoms with Crippen LogP contribution in [0.2, 0.25) is 0 Å². The van der Waals surface area contributed by atoms with Crippen LogP contribution in [-0.2, 0) is 11.2 Å². The highest BCUT2D eigenvalue weighted by molar-refractivity contribution is 5.98. The van der Waals surface area contributed by atoms with Gasteiger partial charge in [-0.3, -0.25) is 4.79 Å². The monoisotopic (exact) mass is 365 g/mol. The summed E-state index contributed by atoms with van der Waals surface area (Å²) >= 11 is 0. The molecule has 0 saturated carbocycles. The van der Waals surface area contributed by atoms with Gasteiger partial charge in [-0.05, 0) is 55.0 Å². The van der Waals surface area contributed by atoms with Gasteiger partial charge in [-0.2, -0.15) is 0 Å². The van der Waals surface area contributed by atoms with Gasteiger partial charge in [0.05, 0.1) is 12.8 Å². The molecule has 0 aliphatic heterocycles. The van der Waals surface area contributed by atoms with E-state index >= 15 is 0 Å². The second-order valence-electron chi connectivity index (χ2n) is 8.25. The summed E-state index contributed by atoms with van der Waals surface area (Å²) in [6, 6.07) is 14.3. The summed E-state index contributed by atoms with van der Waals surface area (Å²) in [5.41, 5.74) is 5.45. The van der Waals surface area contributed by atoms with Crippen molar-refractivity contribution in [2.75, 3.05) is 19.1 Å². The minimum absolute atomic E-state index is 0.0310. The zero-order valence-electron chi connectivity index (χ0n) is 17.6. The number of hydrogen-bond donors (Lipinski definition) is 0. The minimum atomic E-state index is 0.0310. The van der Waals surface area contributed by atoms with E-state index in [1.807, 2.05) is 31.3 Å². The van der Waals surface area contributed by atoms with Crippen molar-refractivity contribution in [3.8, 4) is 5.75 Å². The van der Waals surface area contributed by atoms with Gasteiger partial charge in [-0.25, -0.2) is 0 Å². The molecule has 0 atom stereocenters. The summed E-state index contributed by atoms with van der Waals surface area (Å²) in [5, 5.41) is 0. The molecular weight excluding hydrogens is 334 g/mol. The number of hydrogen-bond acceptors (Lipinski definition) is 3. The second kappa shape index (κ2) is 8.43. The Morgan fingerprint density at radius 1 is 1.15 bits per heavy atom. The second-order valence-corrected chi connectivity index (χ2v) is 8.25. The number of nitrogens with zero attached hydrogens (tertiary/aromatic N) is 1. The Morgan fingerprint density at radius 2 is 1.81 bits per heavy atom. The van der Waals surface area contributed by atoms with Crippen LogP contribution in [0, 0.1) is 12.3 Å². The maximum atomic E-state index is 11.9. The van der Waals surface area contributed by atoms with Crippen molar-refractivity contribution in [1.82, 2.24) is 0 Å². The number of carbonyl (C=O) groups is 1. The van der Waals surface area contributed by atoms with Gasteiger partial charge in [0.1, 0.15) is 5.75 Å². The lowest BCUT2D eigenvalue weighted by molar-refractivity contribution is -0.112. The SMILES string of the molecule is COc1ccc(N(C)/C(=C/C(C)=O)c2ccccc2C)cc1CC(C)(C)C. The first-order valence-corrected chi connectivity index (χ1v) is 9.31. The number of ketones is 1. The van der Waals surface area contributed by atoms with Crippen LogP contribution in [0.3, 0.4) is 0 Å². The summed E-state index contributed by atoms with van der Waals surface area (Å²) in [6.07, 6.45) is 2.62. The van der Waals surface area contributed by atoms with Crippen LogP contribution in [-0.4, -0.2) is 19.9 Å². The lowest BCUT2D eigenvalue weighted by atomic mass is 9.87. The van der Waals surface area contributed by atoms with Crippen molar-refractivity contribution in [2.24, 2.45) is 5.41 Å². The van der Waals surface area contributed by atoms with Gasteiger partial charge < -0.3 is 9.64 Å². The molecule has 0 saturated heterocycles. The molecule has 27 heavy (non-hydrogen) atoms. The molecule has 0 bridgehead atoms. The molecule has 0 heterocycles. The van der Waals surface area contributed by atoms with Crippen molar-refractivity contribution in [3.05, 3.63) is 65.2 Å². The first kappa shape index (κ1) is 20.8. The maximum Gasteiger partial charge on any atom is 0.154 e. The number of benzene rings is 2. The summed E-state index contributed by atoms with van der Waals surface area (Å²) in [4.78, 5) is 14.0. The molecule has 0 unspecified atom stereocenters. The summed E-state index contributed by atoms with van der Waals surface area (Å²) in [7, 11) is 3.71. The molecule has 0 amide bonds. The number of ether oxygens (including phenoxy) is 1. The predicted molar refractivity (Wildman–Crippen MR) is 114 cm³/mol. The molecule has 0 aromatic heterocycles. The van der Waals surface area contributed by atoms with Gasteiger partial charge in [0, 0.05) is 24.4 Å². The Bertz CT molecular complexity index is 844. The number of aryl methyl sites for hydroxylation is 1. The van der Waals surface area contributed by atoms with Crippen LogP contribution >= 0.6 is 0 Å². The Labute approximate surface area is 163 Å². The molecule has 2 aromatic carbocycles. The Balaban J connectivity index is 2.52. The van der Waals surface area contributed by atoms with Crippen molar-refractivity contribution in [2.45, 2.75) is 41.0 Å². The molecule has 0 aliphatic rings. The zero-order chi connectivity index (χ0) is 20.2. The number of anilines is 1. The maximum absolute atomic E-state index is 11.9. The van der Waals surface area contributed by atoms with Crippen molar-refractivity contribution in [3.63, 3.8) is 0 Å². The topological polar surface area (TPSA) is 29.5 Å². The van der Waals surface area contributed by atoms with Crippen LogP contribution < -0.4 is 9.64 Å². The summed E-state index contributed by atoms with van der Waals surface area (Å²) < 4.78 is 5.57. The van der Waals surface area contributed by atoms with E-state index in [1.165, 1.54) is 5.56 Å². The third-order valence-electron chi connectivity index (χ3n) is 4.49. The zero-order valence-corrected chi connectivity index (χ0v) is 17.6. The molecule has 0 N–H and O–H groups in total. The van der Waals surface area contributed by atoms with E-state index in [1.54, 1.807) is 20.1 Å². The normalized spacial score (nSPS) is 12.0. The largest absolute Gasteiger partial charge is 0.496 e. The van der Waals surface area contributed by atoms with Crippen molar-refractivity contribution in [1.29, 1.82) is 0 Å². The molecular formula is C24H31NO2. The number of carbonyl (C=O) groups excluding carboxylic acids is 1. The fourth-order valence-corrected chi connectivity index (χ4v) is 3.23. The van der Waals surface area contributed by atoms with E-state index in [4.69, 9.17) is 4.74 Å². The predicted octanol–water partition coefficient (Wildman–Crippen LogP) is 5.66. The standard InChI is InChI=1S/C24H31NO2/c1-17-10-8-9-11-21(17)22(14-18(2)26)25(6)20-12-13-23(27-7)19(15-20)16-24(3,4)5/h8-15H,16H2,1-7H3/b22-14+. The number of rotatable bonds is 6. The van der Waals surface area contributed by atoms with Crippen LogP contribution in [0.15, 0.2) is 48.5 Å². The minimum Gasteiger partial charge on any atom is -0.496 e. The third-order valence-corrected chi connectivity index (χ3v) is 4.49. The van der Waals surface area contributed by atoms with Gasteiger partial charge >= 0.3 is 0 Å². The fraction of sp³-hybridized carbons (Fsp3) is 0.375. The van der Waals surface area contributed by atoms with E-state index in [0.29, 0.717) is 0 Å². The molecule has 3 nitrogen and oxygen atoms in total. The molecule has 0 spiro atoms. The highest BCUT2D eigenvalue weighted by Crippen LogP contribution is 2.33. The van der Waals surface area contributed by atoms with Crippen molar-refractivity contribution < 1.29 is 9.53 Å². The van der Waals surface area contributed by atoms with Gasteiger partial charge in [-0.1, -0.05) is 45.0 Å². The van der Waals surface area contributed by atoms with Gasteiger partial charge in [0.25, 0.3) is 0 Å². The average Bonchev–Trinajstić information content (AvgIpc) is 2.58. The smallest absolute Gasteiger partial charge is 0.154 e. The summed E-state index contributed by atoms with van der Waals surface area (Å²) in [5.74, 6) is 0.929. The molecule has 3 heteroatoms. The van der Waals surface area contributed by atoms with Crippen LogP contribution in [0.5, 0.6) is 5.75 Å². The first-order valence-electron chi connectivity index (χ1n) is 9.31. The first-order chi connectivity index (χ1) is 12.6. The fourth-order valence-electron chi connectivity index (χ4n) is 3.23. The van der Waals surface area contributed by atoms with E-state index < -0.39 is 0 Å². The van der Waals surface area contributed by atoms with E-state index in [2.05, 4.69) is 50.8 Å². The van der Waals surface area contributed by atoms with Crippen molar-refractivity contribution >= 4 is 17.2 Å². The third kappa shape index (κ3) is 5.46. The molecule has 0 aliphatic carbocycles. The average molecular weight is 366 g/mol. The molecule has 144 valence electrons. The molecule has 0 radical (unpaired) electrons. The highest BCUT2D eigenvalue weighted by atomic mass is 16.5. The van der Waals surface area contributed by atoms with E-state index in [9.17, 15) is 4.79 Å². The Kier molecular flexibility index (Phi) is 6.48. The number of allylic oxidation sites excluding steroid dienone is 1. The molecule has 0 fully saturated rings. The van der Waals surface area contributed by atoms with E-state index in [-0.39, 0.29) is 11.2 Å².